The first-order valence-corrected chi connectivity index (χ1v) is 27.5. The molecule has 1 unspecified atom stereocenters. The standard InChI is InChI=1S/C65H92O16/c1-13-32-61(12,57(66)53-24-28-55(29-25-53)59(68)78-49-62(41-70-33-14-2,42-71-34-15-3)43-72-35-16-4)80-51-64(47-76-39-20-8,48-77-40-21-9)50-79-60(69)56-30-26-54(27-31-56)58(67)65(22-10,23-11)81-52-63(44-73-36-17-5,45-74-37-18-6)46-75-38-19-7/h14-21,24-31H,2-9,13,22-23,32-52H2,1,10-12H3. The summed E-state index contributed by atoms with van der Waals surface area (Å²) in [5.74, 6) is -1.90. The summed E-state index contributed by atoms with van der Waals surface area (Å²) in [7, 11) is 0. The summed E-state index contributed by atoms with van der Waals surface area (Å²) in [6, 6.07) is 12.4. The molecule has 0 heterocycles. The van der Waals surface area contributed by atoms with Crippen molar-refractivity contribution in [3.63, 3.8) is 0 Å². The maximum absolute atomic E-state index is 14.5. The normalized spacial score (nSPS) is 12.6. The highest BCUT2D eigenvalue weighted by Gasteiger charge is 2.43. The minimum atomic E-state index is -1.39. The predicted octanol–water partition coefficient (Wildman–Crippen LogP) is 10.8. The molecule has 1 atom stereocenters. The molecule has 0 amide bonds. The topological polar surface area (TPSA) is 179 Å². The number of esters is 2. The van der Waals surface area contributed by atoms with Crippen molar-refractivity contribution in [2.75, 3.05) is 132 Å². The van der Waals surface area contributed by atoms with Crippen molar-refractivity contribution >= 4 is 23.5 Å². The highest BCUT2D eigenvalue weighted by atomic mass is 16.6. The highest BCUT2D eigenvalue weighted by Crippen LogP contribution is 2.33. The van der Waals surface area contributed by atoms with Gasteiger partial charge in [-0.2, -0.15) is 0 Å². The molecule has 0 bridgehead atoms. The van der Waals surface area contributed by atoms with E-state index in [-0.39, 0.29) is 135 Å². The minimum absolute atomic E-state index is 0.00887. The first-order chi connectivity index (χ1) is 39.1. The summed E-state index contributed by atoms with van der Waals surface area (Å²) in [6.45, 7) is 40.1. The molecule has 0 aliphatic heterocycles. The molecule has 16 nitrogen and oxygen atoms in total. The van der Waals surface area contributed by atoms with E-state index >= 15 is 0 Å². The molecule has 0 fully saturated rings. The number of ketones is 2. The van der Waals surface area contributed by atoms with Gasteiger partial charge in [-0.3, -0.25) is 9.59 Å². The molecule has 81 heavy (non-hydrogen) atoms. The van der Waals surface area contributed by atoms with Crippen LogP contribution in [0.3, 0.4) is 0 Å². The lowest BCUT2D eigenvalue weighted by Crippen LogP contribution is -2.48. The van der Waals surface area contributed by atoms with Gasteiger partial charge in [0.15, 0.2) is 11.6 Å². The van der Waals surface area contributed by atoms with Crippen molar-refractivity contribution < 1.29 is 76.0 Å². The SMILES string of the molecule is C=CCOCC(COCC=C)(COCC=C)COC(=O)c1ccc(C(=O)C(C)(CCC)OCC(COCC=C)(COCC=C)COC(=O)c2ccc(C(=O)C(CC)(CC)OCC(COCC=C)(COCC=C)COCC=C)cc2)cc1. The van der Waals surface area contributed by atoms with E-state index in [1.807, 2.05) is 20.8 Å². The Morgan fingerprint density at radius 2 is 0.630 bits per heavy atom. The number of ether oxygens (including phenoxy) is 12. The van der Waals surface area contributed by atoms with E-state index in [1.54, 1.807) is 79.8 Å². The molecule has 16 heteroatoms. The first-order valence-electron chi connectivity index (χ1n) is 27.5. The monoisotopic (exact) mass is 1130 g/mol. The van der Waals surface area contributed by atoms with Gasteiger partial charge in [0.25, 0.3) is 0 Å². The van der Waals surface area contributed by atoms with Gasteiger partial charge in [-0.1, -0.05) is 100 Å². The average Bonchev–Trinajstić information content (AvgIpc) is 3.53. The third-order valence-corrected chi connectivity index (χ3v) is 13.1. The van der Waals surface area contributed by atoms with Crippen molar-refractivity contribution in [3.8, 4) is 0 Å². The van der Waals surface area contributed by atoms with Crippen molar-refractivity contribution in [1.29, 1.82) is 0 Å². The smallest absolute Gasteiger partial charge is 0.338 e. The molecule has 2 rings (SSSR count). The molecule has 0 aromatic heterocycles. The molecule has 0 N–H and O–H groups in total. The second-order valence-electron chi connectivity index (χ2n) is 20.2. The van der Waals surface area contributed by atoms with E-state index in [2.05, 4.69) is 52.6 Å². The van der Waals surface area contributed by atoms with Gasteiger partial charge < -0.3 is 56.8 Å². The average molecular weight is 1130 g/mol. The Hall–Kier alpha value is -5.76. The number of rotatable bonds is 52. The van der Waals surface area contributed by atoms with Gasteiger partial charge in [0.05, 0.1) is 146 Å². The second-order valence-corrected chi connectivity index (χ2v) is 20.2. The van der Waals surface area contributed by atoms with Gasteiger partial charge in [-0.25, -0.2) is 9.59 Å². The lowest BCUT2D eigenvalue weighted by atomic mass is 9.86. The molecule has 2 aromatic carbocycles. The fourth-order valence-corrected chi connectivity index (χ4v) is 8.48. The lowest BCUT2D eigenvalue weighted by Gasteiger charge is -2.38. The summed E-state index contributed by atoms with van der Waals surface area (Å²) in [6.07, 6.45) is 14.6. The zero-order valence-corrected chi connectivity index (χ0v) is 48.9. The maximum atomic E-state index is 14.5. The summed E-state index contributed by atoms with van der Waals surface area (Å²) >= 11 is 0. The molecule has 0 saturated carbocycles. The number of benzene rings is 2. The molecule has 0 spiro atoms. The third-order valence-electron chi connectivity index (χ3n) is 13.1. The van der Waals surface area contributed by atoms with Crippen molar-refractivity contribution in [2.24, 2.45) is 16.2 Å². The quantitative estimate of drug-likeness (QED) is 0.0264. The Labute approximate surface area is 482 Å². The van der Waals surface area contributed by atoms with Crippen LogP contribution in [0.25, 0.3) is 0 Å². The van der Waals surface area contributed by atoms with Gasteiger partial charge in [0.1, 0.15) is 24.4 Å². The van der Waals surface area contributed by atoms with Crippen LogP contribution in [0.15, 0.2) is 150 Å². The van der Waals surface area contributed by atoms with Crippen molar-refractivity contribution in [1.82, 2.24) is 0 Å². The van der Waals surface area contributed by atoms with Crippen LogP contribution in [0.5, 0.6) is 0 Å². The van der Waals surface area contributed by atoms with E-state index in [0.717, 1.165) is 0 Å². The number of carbonyl (C=O) groups excluding carboxylic acids is 4. The Bertz CT molecular complexity index is 2160. The van der Waals surface area contributed by atoms with E-state index in [1.165, 1.54) is 24.3 Å². The summed E-state index contributed by atoms with van der Waals surface area (Å²) in [5.41, 5.74) is -4.38. The molecular weight excluding hydrogens is 1040 g/mol. The number of carbonyl (C=O) groups is 4. The summed E-state index contributed by atoms with van der Waals surface area (Å²) < 4.78 is 72.3. The van der Waals surface area contributed by atoms with Gasteiger partial charge in [-0.05, 0) is 50.5 Å². The Morgan fingerprint density at radius 1 is 0.370 bits per heavy atom. The van der Waals surface area contributed by atoms with Gasteiger partial charge in [-0.15, -0.1) is 52.6 Å². The summed E-state index contributed by atoms with van der Waals surface area (Å²) in [5, 5.41) is 0. The zero-order valence-electron chi connectivity index (χ0n) is 48.9. The third kappa shape index (κ3) is 24.3. The second kappa shape index (κ2) is 39.6. The van der Waals surface area contributed by atoms with Gasteiger partial charge in [0.2, 0.25) is 0 Å². The largest absolute Gasteiger partial charge is 0.461 e. The molecule has 0 aliphatic rings. The Balaban J connectivity index is 2.41. The van der Waals surface area contributed by atoms with Crippen LogP contribution in [-0.4, -0.2) is 167 Å². The Kier molecular flexibility index (Phi) is 34.9. The van der Waals surface area contributed by atoms with Crippen LogP contribution in [0.2, 0.25) is 0 Å². The van der Waals surface area contributed by atoms with Crippen LogP contribution < -0.4 is 0 Å². The molecular formula is C65H92O16. The van der Waals surface area contributed by atoms with Crippen LogP contribution >= 0.6 is 0 Å². The van der Waals surface area contributed by atoms with E-state index in [9.17, 15) is 19.2 Å². The highest BCUT2D eigenvalue weighted by molar-refractivity contribution is 6.04. The lowest BCUT2D eigenvalue weighted by molar-refractivity contribution is -0.131. The van der Waals surface area contributed by atoms with Gasteiger partial charge >= 0.3 is 11.9 Å². The molecule has 448 valence electrons. The van der Waals surface area contributed by atoms with Gasteiger partial charge in [0, 0.05) is 11.1 Å². The molecule has 0 aliphatic carbocycles. The van der Waals surface area contributed by atoms with Crippen molar-refractivity contribution in [2.45, 2.75) is 64.6 Å². The number of Topliss-reactive ketones (excluding diaryl/α,β-unsaturated/α-hetero) is 2. The number of hydrogen-bond acceptors (Lipinski definition) is 16. The molecule has 2 aromatic rings. The van der Waals surface area contributed by atoms with E-state index in [4.69, 9.17) is 56.8 Å². The first kappa shape index (κ1) is 71.3. The van der Waals surface area contributed by atoms with Crippen molar-refractivity contribution in [3.05, 3.63) is 172 Å². The fraction of sp³-hybridized carbons (Fsp3) is 0.508. The van der Waals surface area contributed by atoms with Crippen LogP contribution in [-0.2, 0) is 56.8 Å². The maximum Gasteiger partial charge on any atom is 0.338 e. The molecule has 0 saturated heterocycles. The molecule has 0 radical (unpaired) electrons. The number of hydrogen-bond donors (Lipinski definition) is 0. The summed E-state index contributed by atoms with van der Waals surface area (Å²) in [4.78, 5) is 56.5. The Morgan fingerprint density at radius 3 is 0.914 bits per heavy atom. The minimum Gasteiger partial charge on any atom is -0.461 e. The van der Waals surface area contributed by atoms with Crippen LogP contribution in [0.1, 0.15) is 94.8 Å². The van der Waals surface area contributed by atoms with E-state index < -0.39 is 39.4 Å². The van der Waals surface area contributed by atoms with E-state index in [0.29, 0.717) is 56.6 Å². The van der Waals surface area contributed by atoms with Crippen LogP contribution in [0.4, 0.5) is 0 Å². The zero-order chi connectivity index (χ0) is 59.9. The van der Waals surface area contributed by atoms with Crippen LogP contribution in [0, 0.1) is 16.2 Å². The fourth-order valence-electron chi connectivity index (χ4n) is 8.48. The predicted molar refractivity (Wildman–Crippen MR) is 316 cm³/mol.